The Morgan fingerprint density at radius 2 is 1.96 bits per heavy atom. The fourth-order valence-corrected chi connectivity index (χ4v) is 3.26. The molecule has 1 heterocycles. The summed E-state index contributed by atoms with van der Waals surface area (Å²) in [4.78, 5) is 12.8. The second kappa shape index (κ2) is 6.50. The van der Waals surface area contributed by atoms with Crippen molar-refractivity contribution < 1.29 is 14.6 Å². The molecule has 2 N–H and O–H groups in total. The van der Waals surface area contributed by atoms with Crippen LogP contribution in [0, 0.1) is 0 Å². The molecule has 0 fully saturated rings. The van der Waals surface area contributed by atoms with Crippen molar-refractivity contribution in [1.82, 2.24) is 5.43 Å². The van der Waals surface area contributed by atoms with Crippen molar-refractivity contribution >= 4 is 33.5 Å². The minimum atomic E-state index is -0.473. The zero-order valence-electron chi connectivity index (χ0n) is 12.3. The Kier molecular flexibility index (Phi) is 4.25. The predicted molar refractivity (Wildman–Crippen MR) is 91.5 cm³/mol. The van der Waals surface area contributed by atoms with Gasteiger partial charge in [-0.15, -0.1) is 11.3 Å². The van der Waals surface area contributed by atoms with Gasteiger partial charge in [-0.2, -0.15) is 5.10 Å². The first-order valence-electron chi connectivity index (χ1n) is 6.87. The number of carbonyl (C=O) groups excluding carboxylic acids is 1. The van der Waals surface area contributed by atoms with Gasteiger partial charge in [0.25, 0.3) is 5.91 Å². The van der Waals surface area contributed by atoms with E-state index in [9.17, 15) is 9.90 Å². The van der Waals surface area contributed by atoms with Crippen LogP contribution in [0.5, 0.6) is 11.5 Å². The van der Waals surface area contributed by atoms with Crippen molar-refractivity contribution in [3.63, 3.8) is 0 Å². The molecule has 0 aliphatic rings. The van der Waals surface area contributed by atoms with Gasteiger partial charge in [0.1, 0.15) is 11.5 Å². The fraction of sp³-hybridized carbons (Fsp3) is 0.0588. The zero-order chi connectivity index (χ0) is 16.2. The smallest absolute Gasteiger partial charge is 0.275 e. The summed E-state index contributed by atoms with van der Waals surface area (Å²) in [5, 5.41) is 14.6. The normalized spacial score (nSPS) is 11.0. The highest BCUT2D eigenvalue weighted by Gasteiger charge is 2.11. The molecule has 6 heteroatoms. The zero-order valence-corrected chi connectivity index (χ0v) is 13.1. The number of nitrogens with one attached hydrogen (secondary N) is 1. The number of aromatic hydroxyl groups is 1. The molecule has 0 aliphatic carbocycles. The van der Waals surface area contributed by atoms with Gasteiger partial charge >= 0.3 is 0 Å². The Morgan fingerprint density at radius 3 is 2.74 bits per heavy atom. The molecule has 3 aromatic rings. The number of amides is 1. The lowest BCUT2D eigenvalue weighted by Gasteiger charge is -2.02. The largest absolute Gasteiger partial charge is 0.507 e. The van der Waals surface area contributed by atoms with Crippen molar-refractivity contribution in [2.75, 3.05) is 7.11 Å². The van der Waals surface area contributed by atoms with E-state index in [2.05, 4.69) is 10.5 Å². The Hall–Kier alpha value is -2.86. The van der Waals surface area contributed by atoms with Gasteiger partial charge in [0.2, 0.25) is 0 Å². The summed E-state index contributed by atoms with van der Waals surface area (Å²) in [6.45, 7) is 0. The van der Waals surface area contributed by atoms with E-state index in [1.54, 1.807) is 25.5 Å². The van der Waals surface area contributed by atoms with E-state index in [1.165, 1.54) is 23.5 Å². The molecule has 1 amide bonds. The Balaban J connectivity index is 1.81. The minimum Gasteiger partial charge on any atom is -0.507 e. The first-order chi connectivity index (χ1) is 11.2. The maximum atomic E-state index is 12.0. The number of hydrogen-bond acceptors (Lipinski definition) is 5. The molecule has 5 nitrogen and oxygen atoms in total. The molecule has 1 aromatic heterocycles. The van der Waals surface area contributed by atoms with Crippen molar-refractivity contribution in [3.05, 3.63) is 59.0 Å². The second-order valence-corrected chi connectivity index (χ2v) is 5.80. The number of hydrogen-bond donors (Lipinski definition) is 2. The number of carbonyl (C=O) groups is 1. The van der Waals surface area contributed by atoms with Crippen LogP contribution in [-0.2, 0) is 0 Å². The number of ether oxygens (including phenoxy) is 1. The van der Waals surface area contributed by atoms with Crippen LogP contribution in [0.15, 0.2) is 53.6 Å². The molecule has 2 aromatic carbocycles. The lowest BCUT2D eigenvalue weighted by Crippen LogP contribution is -2.17. The average molecular weight is 326 g/mol. The fourth-order valence-electron chi connectivity index (χ4n) is 2.21. The first kappa shape index (κ1) is 15.1. The first-order valence-corrected chi connectivity index (χ1v) is 7.69. The van der Waals surface area contributed by atoms with Crippen molar-refractivity contribution in [1.29, 1.82) is 0 Å². The van der Waals surface area contributed by atoms with Crippen LogP contribution in [0.4, 0.5) is 0 Å². The third-order valence-corrected chi connectivity index (χ3v) is 4.36. The van der Waals surface area contributed by atoms with Gasteiger partial charge in [-0.05, 0) is 24.3 Å². The standard InChI is InChI=1S/C17H14N2O3S/c1-22-16-12-7-3-5-9-14(12)23-15(16)10-18-19-17(21)11-6-2-4-8-13(11)20/h2-10,20H,1H3,(H,19,21). The molecule has 0 spiro atoms. The minimum absolute atomic E-state index is 0.0837. The number of phenols is 1. The predicted octanol–water partition coefficient (Wildman–Crippen LogP) is 3.38. The van der Waals surface area contributed by atoms with Gasteiger partial charge in [-0.25, -0.2) is 5.43 Å². The number of fused-ring (bicyclic) bond motifs is 1. The van der Waals surface area contributed by atoms with E-state index in [0.717, 1.165) is 20.7 Å². The lowest BCUT2D eigenvalue weighted by molar-refractivity contribution is 0.0952. The molecule has 0 bridgehead atoms. The molecular formula is C17H14N2O3S. The number of thiophene rings is 1. The van der Waals surface area contributed by atoms with E-state index in [0.29, 0.717) is 0 Å². The quantitative estimate of drug-likeness (QED) is 0.570. The average Bonchev–Trinajstić information content (AvgIpc) is 2.92. The van der Waals surface area contributed by atoms with Gasteiger partial charge in [0.05, 0.1) is 23.8 Å². The van der Waals surface area contributed by atoms with Crippen molar-refractivity contribution in [3.8, 4) is 11.5 Å². The molecule has 0 atom stereocenters. The van der Waals surface area contributed by atoms with E-state index < -0.39 is 5.91 Å². The molecule has 0 unspecified atom stereocenters. The number of benzene rings is 2. The van der Waals surface area contributed by atoms with Gasteiger partial charge in [-0.3, -0.25) is 4.79 Å². The molecule has 3 rings (SSSR count). The van der Waals surface area contributed by atoms with Crippen LogP contribution in [0.1, 0.15) is 15.2 Å². The van der Waals surface area contributed by atoms with Crippen molar-refractivity contribution in [2.45, 2.75) is 0 Å². The maximum Gasteiger partial charge on any atom is 0.275 e. The summed E-state index contributed by atoms with van der Waals surface area (Å²) < 4.78 is 6.51. The van der Waals surface area contributed by atoms with Crippen LogP contribution in [0.3, 0.4) is 0 Å². The Labute approximate surface area is 136 Å². The third-order valence-electron chi connectivity index (χ3n) is 3.28. The second-order valence-electron chi connectivity index (χ2n) is 4.71. The summed E-state index contributed by atoms with van der Waals surface area (Å²) in [6, 6.07) is 14.2. The van der Waals surface area contributed by atoms with E-state index in [-0.39, 0.29) is 11.3 Å². The molecule has 0 radical (unpaired) electrons. The van der Waals surface area contributed by atoms with E-state index in [4.69, 9.17) is 4.74 Å². The van der Waals surface area contributed by atoms with E-state index >= 15 is 0 Å². The van der Waals surface area contributed by atoms with Crippen LogP contribution in [-0.4, -0.2) is 24.3 Å². The molecule has 0 saturated heterocycles. The van der Waals surface area contributed by atoms with Crippen LogP contribution < -0.4 is 10.2 Å². The summed E-state index contributed by atoms with van der Waals surface area (Å²) >= 11 is 1.52. The van der Waals surface area contributed by atoms with Crippen LogP contribution in [0.2, 0.25) is 0 Å². The summed E-state index contributed by atoms with van der Waals surface area (Å²) in [5.74, 6) is 0.172. The summed E-state index contributed by atoms with van der Waals surface area (Å²) in [5.41, 5.74) is 2.58. The number of rotatable bonds is 4. The molecule has 0 saturated carbocycles. The SMILES string of the molecule is COc1c(C=NNC(=O)c2ccccc2O)sc2ccccc12. The highest BCUT2D eigenvalue weighted by molar-refractivity contribution is 7.21. The van der Waals surface area contributed by atoms with Gasteiger partial charge < -0.3 is 9.84 Å². The Morgan fingerprint density at radius 1 is 1.22 bits per heavy atom. The number of hydrazone groups is 1. The molecule has 0 aliphatic heterocycles. The number of phenolic OH excluding ortho intramolecular Hbond substituents is 1. The molecule has 23 heavy (non-hydrogen) atoms. The topological polar surface area (TPSA) is 70.9 Å². The highest BCUT2D eigenvalue weighted by Crippen LogP contribution is 2.36. The van der Waals surface area contributed by atoms with Crippen molar-refractivity contribution in [2.24, 2.45) is 5.10 Å². The number of nitrogens with zero attached hydrogens (tertiary/aromatic N) is 1. The molecular weight excluding hydrogens is 312 g/mol. The van der Waals surface area contributed by atoms with Gasteiger partial charge in [0.15, 0.2) is 0 Å². The molecule has 116 valence electrons. The number of methoxy groups -OCH3 is 1. The number of para-hydroxylation sites is 1. The third kappa shape index (κ3) is 3.02. The van der Waals surface area contributed by atoms with Gasteiger partial charge in [0, 0.05) is 10.1 Å². The maximum absolute atomic E-state index is 12.0. The van der Waals surface area contributed by atoms with Crippen LogP contribution in [0.25, 0.3) is 10.1 Å². The van der Waals surface area contributed by atoms with Crippen LogP contribution >= 0.6 is 11.3 Å². The van der Waals surface area contributed by atoms with Gasteiger partial charge in [-0.1, -0.05) is 24.3 Å². The monoisotopic (exact) mass is 326 g/mol. The lowest BCUT2D eigenvalue weighted by atomic mass is 10.2. The highest BCUT2D eigenvalue weighted by atomic mass is 32.1. The Bertz CT molecular complexity index is 886. The summed E-state index contributed by atoms with van der Waals surface area (Å²) in [7, 11) is 1.60. The summed E-state index contributed by atoms with van der Waals surface area (Å²) in [6.07, 6.45) is 1.54. The van der Waals surface area contributed by atoms with E-state index in [1.807, 2.05) is 24.3 Å².